The summed E-state index contributed by atoms with van der Waals surface area (Å²) in [6.07, 6.45) is 5.29. The number of rotatable bonds is 15. The summed E-state index contributed by atoms with van der Waals surface area (Å²) in [5, 5.41) is 51.5. The van der Waals surface area contributed by atoms with E-state index in [1.54, 1.807) is 0 Å². The average Bonchev–Trinajstić information content (AvgIpc) is 3.05. The van der Waals surface area contributed by atoms with Crippen LogP contribution in [0.25, 0.3) is 0 Å². The minimum absolute atomic E-state index is 0.000409. The van der Waals surface area contributed by atoms with E-state index in [2.05, 4.69) is 0 Å². The lowest BCUT2D eigenvalue weighted by Crippen LogP contribution is -2.46. The van der Waals surface area contributed by atoms with Crippen LogP contribution in [-0.2, 0) is 33.5 Å². The minimum atomic E-state index is -1.13. The molecule has 0 heterocycles. The lowest BCUT2D eigenvalue weighted by Gasteiger charge is -2.40. The van der Waals surface area contributed by atoms with Gasteiger partial charge in [-0.1, -0.05) is 0 Å². The Morgan fingerprint density at radius 1 is 0.660 bits per heavy atom. The molecule has 47 heavy (non-hydrogen) atoms. The monoisotopic (exact) mass is 672 g/mol. The molecule has 4 saturated carbocycles. The molecule has 4 fully saturated rings. The summed E-state index contributed by atoms with van der Waals surface area (Å²) in [5.74, 6) is -6.35. The maximum absolute atomic E-state index is 12.8. The van der Waals surface area contributed by atoms with Crippen molar-refractivity contribution in [3.05, 3.63) is 20.2 Å². The highest BCUT2D eigenvalue weighted by Crippen LogP contribution is 2.41. The number of hydrogen-bond donors (Lipinski definition) is 3. The van der Waals surface area contributed by atoms with Crippen LogP contribution in [0, 0.1) is 49.8 Å². The molecule has 0 spiro atoms. The van der Waals surface area contributed by atoms with Gasteiger partial charge in [-0.2, -0.15) is 0 Å². The lowest BCUT2D eigenvalue weighted by molar-refractivity contribution is -0.530. The van der Waals surface area contributed by atoms with Gasteiger partial charge in [-0.25, -0.2) is 4.89 Å². The summed E-state index contributed by atoms with van der Waals surface area (Å²) in [6.45, 7) is 0.985. The quantitative estimate of drug-likeness (QED) is 0.0734. The van der Waals surface area contributed by atoms with Gasteiger partial charge in [0.05, 0.1) is 36.1 Å². The first-order valence-corrected chi connectivity index (χ1v) is 16.9. The zero-order valence-corrected chi connectivity index (χ0v) is 26.6. The van der Waals surface area contributed by atoms with Crippen molar-refractivity contribution in [1.29, 1.82) is 0 Å². The van der Waals surface area contributed by atoms with E-state index < -0.39 is 64.7 Å². The van der Waals surface area contributed by atoms with Crippen molar-refractivity contribution >= 4 is 17.9 Å². The highest BCUT2D eigenvalue weighted by Gasteiger charge is 2.47. The zero-order valence-electron chi connectivity index (χ0n) is 26.6. The van der Waals surface area contributed by atoms with E-state index in [9.17, 15) is 50.1 Å². The molecule has 0 saturated heterocycles. The second-order valence-electron chi connectivity index (χ2n) is 13.7. The van der Waals surface area contributed by atoms with Crippen molar-refractivity contribution in [1.82, 2.24) is 0 Å². The molecule has 7 atom stereocenters. The normalized spacial score (nSPS) is 35.3. The van der Waals surface area contributed by atoms with Gasteiger partial charge < -0.3 is 24.4 Å². The highest BCUT2D eigenvalue weighted by atomic mass is 17.1. The number of aliphatic carboxylic acids is 2. The standard InChI is InChI=1S/C31H48N2O14/c34-29(35)24-12-4-19(32(39)40)16-26(24)28(47-43)18-2-6-21(7-3-18)44-14-1-15-45-22-8-10-23(11-9-22)46-31(38)27-17-20(33(41)42)5-13-25(27)30(36)37/h18-28,43H,1-17H2,(H,34,35)(H,36,37). The van der Waals surface area contributed by atoms with Gasteiger partial charge in [-0.15, -0.1) is 0 Å². The third-order valence-corrected chi connectivity index (χ3v) is 10.9. The number of hydrogen-bond acceptors (Lipinski definition) is 12. The lowest BCUT2D eigenvalue weighted by atomic mass is 9.69. The van der Waals surface area contributed by atoms with Gasteiger partial charge in [0.15, 0.2) is 0 Å². The molecule has 4 rings (SSSR count). The van der Waals surface area contributed by atoms with Crippen molar-refractivity contribution < 1.29 is 58.8 Å². The van der Waals surface area contributed by atoms with E-state index in [4.69, 9.17) is 19.1 Å². The van der Waals surface area contributed by atoms with Crippen LogP contribution in [0.2, 0.25) is 0 Å². The van der Waals surface area contributed by atoms with Crippen molar-refractivity contribution in [3.63, 3.8) is 0 Å². The van der Waals surface area contributed by atoms with Crippen LogP contribution >= 0.6 is 0 Å². The summed E-state index contributed by atoms with van der Waals surface area (Å²) in [4.78, 5) is 62.9. The summed E-state index contributed by atoms with van der Waals surface area (Å²) in [5.41, 5.74) is 0. The second-order valence-corrected chi connectivity index (χ2v) is 13.7. The second kappa shape index (κ2) is 17.4. The van der Waals surface area contributed by atoms with Crippen molar-refractivity contribution in [2.45, 2.75) is 133 Å². The Bertz CT molecular complexity index is 1090. The molecule has 0 bridgehead atoms. The average molecular weight is 673 g/mol. The van der Waals surface area contributed by atoms with E-state index in [1.807, 2.05) is 0 Å². The molecule has 16 nitrogen and oxygen atoms in total. The van der Waals surface area contributed by atoms with Crippen LogP contribution < -0.4 is 0 Å². The molecule has 4 aliphatic carbocycles. The first kappa shape index (κ1) is 36.9. The number of nitro groups is 2. The summed E-state index contributed by atoms with van der Waals surface area (Å²) in [6, 6.07) is -1.78. The van der Waals surface area contributed by atoms with E-state index in [0.29, 0.717) is 71.0 Å². The smallest absolute Gasteiger partial charge is 0.310 e. The van der Waals surface area contributed by atoms with Gasteiger partial charge in [0.1, 0.15) is 6.10 Å². The van der Waals surface area contributed by atoms with Gasteiger partial charge in [0, 0.05) is 54.7 Å². The number of carbonyl (C=O) groups is 3. The Balaban J connectivity index is 1.10. The predicted octanol–water partition coefficient (Wildman–Crippen LogP) is 3.97. The summed E-state index contributed by atoms with van der Waals surface area (Å²) in [7, 11) is 0. The first-order valence-electron chi connectivity index (χ1n) is 16.9. The molecule has 0 aromatic rings. The maximum atomic E-state index is 12.8. The minimum Gasteiger partial charge on any atom is -0.481 e. The number of ether oxygens (including phenoxy) is 3. The molecule has 0 amide bonds. The van der Waals surface area contributed by atoms with E-state index in [1.165, 1.54) is 0 Å². The van der Waals surface area contributed by atoms with E-state index in [0.717, 1.165) is 0 Å². The third kappa shape index (κ3) is 10.0. The van der Waals surface area contributed by atoms with Gasteiger partial charge in [-0.3, -0.25) is 39.9 Å². The number of carboxylic acids is 2. The molecule has 0 aliphatic heterocycles. The van der Waals surface area contributed by atoms with Gasteiger partial charge in [0.25, 0.3) is 0 Å². The number of esters is 1. The Labute approximate surface area is 272 Å². The highest BCUT2D eigenvalue weighted by molar-refractivity contribution is 5.81. The molecule has 7 unspecified atom stereocenters. The van der Waals surface area contributed by atoms with E-state index in [-0.39, 0.29) is 67.7 Å². The molecule has 16 heteroatoms. The van der Waals surface area contributed by atoms with Crippen LogP contribution in [0.4, 0.5) is 0 Å². The first-order chi connectivity index (χ1) is 22.5. The molecule has 0 aromatic carbocycles. The van der Waals surface area contributed by atoms with Crippen LogP contribution in [0.5, 0.6) is 0 Å². The zero-order chi connectivity index (χ0) is 34.1. The van der Waals surface area contributed by atoms with Crippen molar-refractivity contribution in [2.75, 3.05) is 13.2 Å². The van der Waals surface area contributed by atoms with Gasteiger partial charge in [-0.05, 0) is 76.5 Å². The van der Waals surface area contributed by atoms with Crippen LogP contribution in [0.3, 0.4) is 0 Å². The molecule has 0 aromatic heterocycles. The SMILES string of the molecule is O=C(O)C1CCC([N+](=O)[O-])CC1C(=O)OC1CCC(OCCCOC2CCC(C(OO)C3CC([N+](=O)[O-])CCC3C(=O)O)CC2)CC1. The largest absolute Gasteiger partial charge is 0.481 e. The maximum Gasteiger partial charge on any atom is 0.310 e. The molecular weight excluding hydrogens is 624 g/mol. The van der Waals surface area contributed by atoms with Crippen LogP contribution in [0.1, 0.15) is 96.3 Å². The molecule has 266 valence electrons. The fraction of sp³-hybridized carbons (Fsp3) is 0.903. The van der Waals surface area contributed by atoms with Crippen LogP contribution in [0.15, 0.2) is 0 Å². The Morgan fingerprint density at radius 2 is 1.15 bits per heavy atom. The molecule has 3 N–H and O–H groups in total. The number of carboxylic acid groups (broad SMARTS) is 2. The topological polar surface area (TPSA) is 235 Å². The van der Waals surface area contributed by atoms with Crippen molar-refractivity contribution in [3.8, 4) is 0 Å². The Morgan fingerprint density at radius 3 is 1.66 bits per heavy atom. The van der Waals surface area contributed by atoms with Crippen molar-refractivity contribution in [2.24, 2.45) is 29.6 Å². The number of carbonyl (C=O) groups excluding carboxylic acids is 1. The molecule has 0 radical (unpaired) electrons. The predicted molar refractivity (Wildman–Crippen MR) is 160 cm³/mol. The van der Waals surface area contributed by atoms with E-state index >= 15 is 0 Å². The Hall–Kier alpha value is -2.95. The Kier molecular flexibility index (Phi) is 13.7. The molecule has 4 aliphatic rings. The van der Waals surface area contributed by atoms with Gasteiger partial charge in [0.2, 0.25) is 12.1 Å². The van der Waals surface area contributed by atoms with Crippen LogP contribution in [-0.4, -0.2) is 92.9 Å². The van der Waals surface area contributed by atoms with Gasteiger partial charge >= 0.3 is 17.9 Å². The summed E-state index contributed by atoms with van der Waals surface area (Å²) < 4.78 is 17.7. The molecular formula is C31H48N2O14. The number of nitrogens with zero attached hydrogens (tertiary/aromatic N) is 2. The summed E-state index contributed by atoms with van der Waals surface area (Å²) >= 11 is 0. The third-order valence-electron chi connectivity index (χ3n) is 10.9. The fourth-order valence-electron chi connectivity index (χ4n) is 8.16. The fourth-order valence-corrected chi connectivity index (χ4v) is 8.16.